The smallest absolute Gasteiger partial charge is 0.0518 e. The Morgan fingerprint density at radius 1 is 1.06 bits per heavy atom. The minimum absolute atomic E-state index is 0.386. The van der Waals surface area contributed by atoms with Crippen LogP contribution < -0.4 is 0 Å². The van der Waals surface area contributed by atoms with Crippen LogP contribution in [0.25, 0.3) is 0 Å². The van der Waals surface area contributed by atoms with Crippen LogP contribution in [0.4, 0.5) is 0 Å². The molecule has 0 atom stereocenters. The topological polar surface area (TPSA) is 12.5 Å². The molecule has 2 nitrogen and oxygen atoms in total. The van der Waals surface area contributed by atoms with E-state index in [1.54, 1.807) is 0 Å². The first-order valence-electron chi connectivity index (χ1n) is 7.43. The largest absolute Gasteiger partial charge is 0.379 e. The van der Waals surface area contributed by atoms with Crippen molar-refractivity contribution >= 4 is 0 Å². The summed E-state index contributed by atoms with van der Waals surface area (Å²) in [6, 6.07) is 0. The van der Waals surface area contributed by atoms with E-state index in [1.807, 2.05) is 0 Å². The quantitative estimate of drug-likeness (QED) is 0.632. The lowest BCUT2D eigenvalue weighted by Crippen LogP contribution is -2.35. The van der Waals surface area contributed by atoms with Gasteiger partial charge in [0.25, 0.3) is 0 Å². The Hall–Kier alpha value is -0.0800. The third-order valence-electron chi connectivity index (χ3n) is 3.89. The van der Waals surface area contributed by atoms with Gasteiger partial charge in [-0.2, -0.15) is 0 Å². The van der Waals surface area contributed by atoms with E-state index < -0.39 is 0 Å². The van der Waals surface area contributed by atoms with Gasteiger partial charge in [-0.3, -0.25) is 0 Å². The molecule has 102 valence electrons. The van der Waals surface area contributed by atoms with Crippen molar-refractivity contribution in [1.82, 2.24) is 4.90 Å². The van der Waals surface area contributed by atoms with Gasteiger partial charge in [-0.15, -0.1) is 0 Å². The van der Waals surface area contributed by atoms with Gasteiger partial charge in [0.05, 0.1) is 6.10 Å². The van der Waals surface area contributed by atoms with Gasteiger partial charge in [-0.1, -0.05) is 13.8 Å². The molecule has 0 aromatic carbocycles. The summed E-state index contributed by atoms with van der Waals surface area (Å²) in [5.74, 6) is 1.84. The number of unbranched alkanes of at least 4 members (excludes halogenated alkanes) is 1. The Bertz CT molecular complexity index is 183. The van der Waals surface area contributed by atoms with Crippen molar-refractivity contribution in [3.8, 4) is 0 Å². The van der Waals surface area contributed by atoms with Crippen molar-refractivity contribution in [3.63, 3.8) is 0 Å². The van der Waals surface area contributed by atoms with Crippen LogP contribution in [0.15, 0.2) is 0 Å². The molecule has 0 unspecified atom stereocenters. The van der Waals surface area contributed by atoms with Crippen LogP contribution >= 0.6 is 0 Å². The molecule has 0 amide bonds. The second-order valence-corrected chi connectivity index (χ2v) is 6.05. The number of ether oxygens (including phenoxy) is 1. The molecular weight excluding hydrogens is 210 g/mol. The standard InChI is InChI=1S/C15H31NO/c1-13(2)15-7-10-16(11-8-15)9-5-6-12-17-14(3)4/h13-15H,5-12H2,1-4H3. The van der Waals surface area contributed by atoms with E-state index in [9.17, 15) is 0 Å². The van der Waals surface area contributed by atoms with Crippen molar-refractivity contribution in [2.75, 3.05) is 26.2 Å². The third-order valence-corrected chi connectivity index (χ3v) is 3.89. The number of hydrogen-bond donors (Lipinski definition) is 0. The second-order valence-electron chi connectivity index (χ2n) is 6.05. The molecule has 2 heteroatoms. The van der Waals surface area contributed by atoms with Gasteiger partial charge in [-0.05, 0) is 71.0 Å². The monoisotopic (exact) mass is 241 g/mol. The van der Waals surface area contributed by atoms with Gasteiger partial charge in [0.1, 0.15) is 0 Å². The average molecular weight is 241 g/mol. The van der Waals surface area contributed by atoms with Crippen LogP contribution in [0.5, 0.6) is 0 Å². The minimum atomic E-state index is 0.386. The van der Waals surface area contributed by atoms with Crippen molar-refractivity contribution < 1.29 is 4.74 Å². The van der Waals surface area contributed by atoms with Crippen molar-refractivity contribution in [2.24, 2.45) is 11.8 Å². The Labute approximate surface area is 108 Å². The number of rotatable bonds is 7. The van der Waals surface area contributed by atoms with E-state index in [-0.39, 0.29) is 0 Å². The van der Waals surface area contributed by atoms with Crippen molar-refractivity contribution in [2.45, 2.75) is 59.5 Å². The molecule has 0 aromatic heterocycles. The SMILES string of the molecule is CC(C)OCCCCN1CCC(C(C)C)CC1. The minimum Gasteiger partial charge on any atom is -0.379 e. The lowest BCUT2D eigenvalue weighted by molar-refractivity contribution is 0.0726. The first-order valence-corrected chi connectivity index (χ1v) is 7.43. The fourth-order valence-corrected chi connectivity index (χ4v) is 2.60. The zero-order valence-electron chi connectivity index (χ0n) is 12.2. The van der Waals surface area contributed by atoms with Gasteiger partial charge in [0, 0.05) is 6.61 Å². The highest BCUT2D eigenvalue weighted by Crippen LogP contribution is 2.24. The summed E-state index contributed by atoms with van der Waals surface area (Å²) in [6.45, 7) is 13.8. The zero-order valence-corrected chi connectivity index (χ0v) is 12.2. The molecule has 0 spiro atoms. The lowest BCUT2D eigenvalue weighted by Gasteiger charge is -2.33. The maximum absolute atomic E-state index is 5.56. The Morgan fingerprint density at radius 3 is 2.24 bits per heavy atom. The average Bonchev–Trinajstić information content (AvgIpc) is 2.29. The highest BCUT2D eigenvalue weighted by Gasteiger charge is 2.20. The molecule has 0 saturated carbocycles. The molecule has 0 radical (unpaired) electrons. The van der Waals surface area contributed by atoms with Gasteiger partial charge in [-0.25, -0.2) is 0 Å². The summed E-state index contributed by atoms with van der Waals surface area (Å²) in [5.41, 5.74) is 0. The number of hydrogen-bond acceptors (Lipinski definition) is 2. The zero-order chi connectivity index (χ0) is 12.7. The summed E-state index contributed by atoms with van der Waals surface area (Å²) >= 11 is 0. The van der Waals surface area contributed by atoms with Crippen molar-refractivity contribution in [1.29, 1.82) is 0 Å². The molecule has 0 aliphatic carbocycles. The van der Waals surface area contributed by atoms with E-state index in [0.717, 1.165) is 18.4 Å². The molecule has 0 bridgehead atoms. The molecule has 1 saturated heterocycles. The van der Waals surface area contributed by atoms with E-state index in [1.165, 1.54) is 45.3 Å². The Kier molecular flexibility index (Phi) is 7.14. The van der Waals surface area contributed by atoms with Gasteiger partial charge >= 0.3 is 0 Å². The maximum atomic E-state index is 5.56. The van der Waals surface area contributed by atoms with E-state index in [2.05, 4.69) is 32.6 Å². The normalized spacial score (nSPS) is 19.4. The first kappa shape index (κ1) is 15.0. The van der Waals surface area contributed by atoms with Crippen LogP contribution in [-0.4, -0.2) is 37.2 Å². The highest BCUT2D eigenvalue weighted by molar-refractivity contribution is 4.74. The van der Waals surface area contributed by atoms with E-state index in [4.69, 9.17) is 4.74 Å². The summed E-state index contributed by atoms with van der Waals surface area (Å²) in [6.07, 6.45) is 5.69. The highest BCUT2D eigenvalue weighted by atomic mass is 16.5. The molecule has 0 aromatic rings. The van der Waals surface area contributed by atoms with Crippen LogP contribution in [-0.2, 0) is 4.74 Å². The molecule has 1 aliphatic rings. The molecular formula is C15H31NO. The van der Waals surface area contributed by atoms with Crippen LogP contribution in [0, 0.1) is 11.8 Å². The molecule has 17 heavy (non-hydrogen) atoms. The third kappa shape index (κ3) is 6.42. The summed E-state index contributed by atoms with van der Waals surface area (Å²) < 4.78 is 5.56. The van der Waals surface area contributed by atoms with Crippen molar-refractivity contribution in [3.05, 3.63) is 0 Å². The summed E-state index contributed by atoms with van der Waals surface area (Å²) in [7, 11) is 0. The summed E-state index contributed by atoms with van der Waals surface area (Å²) in [5, 5.41) is 0. The predicted octanol–water partition coefficient (Wildman–Crippen LogP) is 3.56. The van der Waals surface area contributed by atoms with Crippen LogP contribution in [0.1, 0.15) is 53.4 Å². The molecule has 1 heterocycles. The van der Waals surface area contributed by atoms with Gasteiger partial charge in [0.15, 0.2) is 0 Å². The van der Waals surface area contributed by atoms with Crippen LogP contribution in [0.2, 0.25) is 0 Å². The fourth-order valence-electron chi connectivity index (χ4n) is 2.60. The van der Waals surface area contributed by atoms with E-state index >= 15 is 0 Å². The second kappa shape index (κ2) is 8.10. The number of likely N-dealkylation sites (tertiary alicyclic amines) is 1. The maximum Gasteiger partial charge on any atom is 0.0518 e. The predicted molar refractivity (Wildman–Crippen MR) is 74.3 cm³/mol. The molecule has 1 rings (SSSR count). The fraction of sp³-hybridized carbons (Fsp3) is 1.00. The number of nitrogens with zero attached hydrogens (tertiary/aromatic N) is 1. The molecule has 1 aliphatic heterocycles. The molecule has 1 fully saturated rings. The Morgan fingerprint density at radius 2 is 1.71 bits per heavy atom. The summed E-state index contributed by atoms with van der Waals surface area (Å²) in [4.78, 5) is 2.63. The lowest BCUT2D eigenvalue weighted by atomic mass is 9.87. The van der Waals surface area contributed by atoms with Gasteiger partial charge in [0.2, 0.25) is 0 Å². The first-order chi connectivity index (χ1) is 8.09. The number of piperidine rings is 1. The molecule has 0 N–H and O–H groups in total. The van der Waals surface area contributed by atoms with E-state index in [0.29, 0.717) is 6.10 Å². The Balaban J connectivity index is 1.99. The van der Waals surface area contributed by atoms with Crippen LogP contribution in [0.3, 0.4) is 0 Å². The van der Waals surface area contributed by atoms with Gasteiger partial charge < -0.3 is 9.64 Å².